The van der Waals surface area contributed by atoms with Crippen LogP contribution in [0, 0.1) is 11.6 Å². The minimum Gasteiger partial charge on any atom is -0.456 e. The first kappa shape index (κ1) is 38.9. The van der Waals surface area contributed by atoms with Crippen molar-refractivity contribution in [2.45, 2.75) is 69.1 Å². The molecule has 0 amide bonds. The van der Waals surface area contributed by atoms with Gasteiger partial charge in [-0.2, -0.15) is 0 Å². The van der Waals surface area contributed by atoms with Crippen LogP contribution in [0.15, 0.2) is 154 Å². The average Bonchev–Trinajstić information content (AvgIpc) is 3.70. The fourth-order valence-electron chi connectivity index (χ4n) is 11.5. The smallest absolute Gasteiger partial charge is 0.252 e. The van der Waals surface area contributed by atoms with Crippen molar-refractivity contribution in [1.29, 1.82) is 0 Å². The predicted octanol–water partition coefficient (Wildman–Crippen LogP) is 12.3. The van der Waals surface area contributed by atoms with E-state index in [9.17, 15) is 0 Å². The summed E-state index contributed by atoms with van der Waals surface area (Å²) >= 11 is 1.78. The van der Waals surface area contributed by atoms with E-state index in [1.807, 2.05) is 23.1 Å². The maximum Gasteiger partial charge on any atom is 0.252 e. The van der Waals surface area contributed by atoms with E-state index in [0.29, 0.717) is 5.92 Å². The van der Waals surface area contributed by atoms with Crippen LogP contribution in [0.4, 0.5) is 42.9 Å². The summed E-state index contributed by atoms with van der Waals surface area (Å²) in [6.45, 7) is 13.1. The lowest BCUT2D eigenvalue weighted by atomic mass is 9.29. The molecule has 0 spiro atoms. The lowest BCUT2D eigenvalue weighted by molar-refractivity contribution is 0.586. The van der Waals surface area contributed by atoms with Crippen molar-refractivity contribution < 1.29 is 13.2 Å². The summed E-state index contributed by atoms with van der Waals surface area (Å²) in [5.41, 5.74) is 19.2. The number of halogens is 2. The Labute approximate surface area is 383 Å². The molecule has 13 rings (SSSR count). The molecule has 9 aromatic rings. The second kappa shape index (κ2) is 14.0. The molecular formula is C57H44B2F2N2OS. The highest BCUT2D eigenvalue weighted by molar-refractivity contribution is 8.00. The Kier molecular flexibility index (Phi) is 8.38. The molecule has 0 aliphatic carbocycles. The van der Waals surface area contributed by atoms with E-state index in [0.717, 1.165) is 77.3 Å². The first-order chi connectivity index (χ1) is 31.6. The first-order valence-corrected chi connectivity index (χ1v) is 23.8. The van der Waals surface area contributed by atoms with Crippen molar-refractivity contribution in [3.05, 3.63) is 168 Å². The quantitative estimate of drug-likeness (QED) is 0.161. The second-order valence-electron chi connectivity index (χ2n) is 19.2. The van der Waals surface area contributed by atoms with Gasteiger partial charge in [0.1, 0.15) is 28.5 Å². The minimum atomic E-state index is -0.614. The molecule has 0 saturated carbocycles. The van der Waals surface area contributed by atoms with Gasteiger partial charge < -0.3 is 14.2 Å². The van der Waals surface area contributed by atoms with Crippen LogP contribution >= 0.6 is 11.8 Å². The molecule has 0 unspecified atom stereocenters. The summed E-state index contributed by atoms with van der Waals surface area (Å²) in [4.78, 5) is 6.73. The van der Waals surface area contributed by atoms with Crippen molar-refractivity contribution in [1.82, 2.24) is 0 Å². The molecule has 4 aliphatic rings. The van der Waals surface area contributed by atoms with Gasteiger partial charge in [0.2, 0.25) is 6.71 Å². The third-order valence-electron chi connectivity index (χ3n) is 14.6. The number of hydrogen-bond acceptors (Lipinski definition) is 4. The third kappa shape index (κ3) is 5.32. The third-order valence-corrected chi connectivity index (χ3v) is 15.8. The van der Waals surface area contributed by atoms with Gasteiger partial charge in [-0.15, -0.1) is 0 Å². The largest absolute Gasteiger partial charge is 0.456 e. The van der Waals surface area contributed by atoms with Gasteiger partial charge in [0.15, 0.2) is 0 Å². The SMILES string of the molecule is CC(C)c1ccc2c(c1)B1c3ccccc3Sc3c1c1c4c(c3-c3cccc5oc6ccccc6c35)N(c3c(F)cccc3F)c3ccc(C(C)C)cc3B4c3cc(C(C)C)ccc3N21. The number of fused-ring (bicyclic) bond motifs is 13. The molecule has 4 aliphatic heterocycles. The Balaban J connectivity index is 1.30. The van der Waals surface area contributed by atoms with Crippen LogP contribution in [-0.2, 0) is 0 Å². The Bertz CT molecular complexity index is 3520. The number of rotatable bonds is 5. The summed E-state index contributed by atoms with van der Waals surface area (Å²) in [7, 11) is 0. The normalized spacial score (nSPS) is 14.1. The van der Waals surface area contributed by atoms with Gasteiger partial charge in [-0.05, 0) is 116 Å². The van der Waals surface area contributed by atoms with E-state index in [1.165, 1.54) is 61.6 Å². The van der Waals surface area contributed by atoms with Gasteiger partial charge in [-0.3, -0.25) is 0 Å². The Morgan fingerprint density at radius 3 is 1.66 bits per heavy atom. The minimum absolute atomic E-state index is 0.0813. The second-order valence-corrected chi connectivity index (χ2v) is 20.2. The van der Waals surface area contributed by atoms with Gasteiger partial charge in [0, 0.05) is 48.9 Å². The van der Waals surface area contributed by atoms with Crippen molar-refractivity contribution in [3.63, 3.8) is 0 Å². The zero-order chi connectivity index (χ0) is 44.2. The molecule has 0 radical (unpaired) electrons. The predicted molar refractivity (Wildman–Crippen MR) is 271 cm³/mol. The lowest BCUT2D eigenvalue weighted by Crippen LogP contribution is -2.68. The molecule has 65 heavy (non-hydrogen) atoms. The van der Waals surface area contributed by atoms with E-state index in [4.69, 9.17) is 4.42 Å². The molecule has 0 N–H and O–H groups in total. The van der Waals surface area contributed by atoms with Crippen LogP contribution in [-0.4, -0.2) is 13.4 Å². The number of furan rings is 1. The highest BCUT2D eigenvalue weighted by Crippen LogP contribution is 2.55. The lowest BCUT2D eigenvalue weighted by Gasteiger charge is -2.50. The number of nitrogens with zero attached hydrogens (tertiary/aromatic N) is 2. The van der Waals surface area contributed by atoms with Gasteiger partial charge in [0.05, 0.1) is 5.69 Å². The highest BCUT2D eigenvalue weighted by Gasteiger charge is 2.53. The molecule has 0 atom stereocenters. The van der Waals surface area contributed by atoms with Crippen molar-refractivity contribution in [2.75, 3.05) is 9.80 Å². The number of hydrogen-bond donors (Lipinski definition) is 0. The van der Waals surface area contributed by atoms with Crippen LogP contribution in [0.2, 0.25) is 0 Å². The Hall–Kier alpha value is -6.50. The van der Waals surface area contributed by atoms with E-state index < -0.39 is 11.6 Å². The first-order valence-electron chi connectivity index (χ1n) is 23.0. The maximum atomic E-state index is 17.1. The number of anilines is 6. The van der Waals surface area contributed by atoms with E-state index in [1.54, 1.807) is 11.8 Å². The van der Waals surface area contributed by atoms with Gasteiger partial charge in [-0.25, -0.2) is 8.78 Å². The molecule has 5 heterocycles. The molecular weight excluding hydrogens is 820 g/mol. The summed E-state index contributed by atoms with van der Waals surface area (Å²) in [6.07, 6.45) is 0. The van der Waals surface area contributed by atoms with Crippen molar-refractivity contribution >= 4 is 114 Å². The monoisotopic (exact) mass is 864 g/mol. The molecule has 8 heteroatoms. The maximum absolute atomic E-state index is 17.1. The fraction of sp³-hybridized carbons (Fsp3) is 0.158. The summed E-state index contributed by atoms with van der Waals surface area (Å²) < 4.78 is 40.9. The van der Waals surface area contributed by atoms with E-state index in [2.05, 4.69) is 150 Å². The van der Waals surface area contributed by atoms with Crippen LogP contribution in [0.1, 0.15) is 76.0 Å². The van der Waals surface area contributed by atoms with Gasteiger partial charge in [-0.1, -0.05) is 150 Å². The molecule has 0 bridgehead atoms. The fourth-order valence-corrected chi connectivity index (χ4v) is 12.8. The molecule has 0 fully saturated rings. The average molecular weight is 865 g/mol. The standard InChI is InChI=1S/C57H44B2F2N2OS/c1-30(2)33-21-24-44-39(27-33)58-38-15-8-10-20-49(38)65-57-51(37-14-11-19-48-50(37)36-13-7-9-18-47(36)64-48)55-52-56(53(57)58)62(44)45-25-22-34(31(3)4)28-40(45)59(52)41-29-35(32(5)6)23-26-46(41)63(55)54-42(60)16-12-17-43(54)61/h7-32H,1-6H3. The van der Waals surface area contributed by atoms with Gasteiger partial charge >= 0.3 is 0 Å². The van der Waals surface area contributed by atoms with Crippen LogP contribution < -0.4 is 42.6 Å². The van der Waals surface area contributed by atoms with Crippen molar-refractivity contribution in [3.8, 4) is 11.1 Å². The summed E-state index contributed by atoms with van der Waals surface area (Å²) in [5.74, 6) is -0.401. The van der Waals surface area contributed by atoms with Crippen LogP contribution in [0.5, 0.6) is 0 Å². The number of para-hydroxylation sites is 2. The molecule has 314 valence electrons. The van der Waals surface area contributed by atoms with Crippen LogP contribution in [0.3, 0.4) is 0 Å². The summed E-state index contributed by atoms with van der Waals surface area (Å²) in [5, 5.41) is 1.98. The summed E-state index contributed by atoms with van der Waals surface area (Å²) in [6, 6.07) is 48.4. The van der Waals surface area contributed by atoms with Gasteiger partial charge in [0.25, 0.3) is 6.71 Å². The zero-order valence-corrected chi connectivity index (χ0v) is 37.9. The zero-order valence-electron chi connectivity index (χ0n) is 37.1. The Morgan fingerprint density at radius 2 is 1.03 bits per heavy atom. The number of benzene rings is 8. The van der Waals surface area contributed by atoms with E-state index >= 15 is 8.78 Å². The van der Waals surface area contributed by atoms with E-state index in [-0.39, 0.29) is 30.9 Å². The molecule has 1 aromatic heterocycles. The molecule has 3 nitrogen and oxygen atoms in total. The van der Waals surface area contributed by atoms with Crippen molar-refractivity contribution in [2.24, 2.45) is 0 Å². The highest BCUT2D eigenvalue weighted by atomic mass is 32.2. The Morgan fingerprint density at radius 1 is 0.492 bits per heavy atom. The van der Waals surface area contributed by atoms with Crippen LogP contribution in [0.25, 0.3) is 33.1 Å². The molecule has 0 saturated heterocycles. The topological polar surface area (TPSA) is 19.6 Å². The molecule has 8 aromatic carbocycles.